The first-order valence-electron chi connectivity index (χ1n) is 6.58. The minimum Gasteiger partial charge on any atom is -0.289 e. The maximum atomic E-state index is 12.6. The number of pyridine rings is 1. The summed E-state index contributed by atoms with van der Waals surface area (Å²) in [7, 11) is 0. The highest BCUT2D eigenvalue weighted by atomic mass is 16.1. The van der Waals surface area contributed by atoms with Crippen LogP contribution in [0.2, 0.25) is 0 Å². The van der Waals surface area contributed by atoms with Gasteiger partial charge in [-0.2, -0.15) is 0 Å². The average Bonchev–Trinajstić information content (AvgIpc) is 2.39. The predicted octanol–water partition coefficient (Wildman–Crippen LogP) is 3.02. The Bertz CT molecular complexity index is 728. The predicted molar refractivity (Wildman–Crippen MR) is 77.5 cm³/mol. The quantitative estimate of drug-likeness (QED) is 0.724. The molecule has 3 rings (SSSR count). The first kappa shape index (κ1) is 12.7. The van der Waals surface area contributed by atoms with E-state index in [4.69, 9.17) is 0 Å². The fourth-order valence-corrected chi connectivity index (χ4v) is 2.38. The molecule has 2 aliphatic rings. The van der Waals surface area contributed by atoms with Crippen molar-refractivity contribution in [2.45, 2.75) is 26.2 Å². The van der Waals surface area contributed by atoms with Gasteiger partial charge in [-0.15, -0.1) is 0 Å². The van der Waals surface area contributed by atoms with Crippen LogP contribution >= 0.6 is 0 Å². The standard InChI is InChI=1S/C17H15NO2/c1-17(2,3)15-8-12-10(9-18-15)7-13-11(16(12)20)5-4-6-14(13)19/h4-9H,1-3H3. The third-order valence-corrected chi connectivity index (χ3v) is 3.56. The topological polar surface area (TPSA) is 47.0 Å². The zero-order valence-corrected chi connectivity index (χ0v) is 11.7. The minimum absolute atomic E-state index is 0.0944. The van der Waals surface area contributed by atoms with Gasteiger partial charge < -0.3 is 0 Å². The van der Waals surface area contributed by atoms with Gasteiger partial charge in [0.05, 0.1) is 0 Å². The summed E-state index contributed by atoms with van der Waals surface area (Å²) in [6.45, 7) is 6.17. The van der Waals surface area contributed by atoms with Crippen LogP contribution in [0.15, 0.2) is 41.6 Å². The number of aromatic nitrogens is 1. The van der Waals surface area contributed by atoms with Crippen molar-refractivity contribution in [2.24, 2.45) is 0 Å². The summed E-state index contributed by atoms with van der Waals surface area (Å²) in [5, 5.41) is 0. The van der Waals surface area contributed by atoms with E-state index in [0.717, 1.165) is 11.3 Å². The zero-order chi connectivity index (χ0) is 14.5. The second-order valence-electron chi connectivity index (χ2n) is 6.10. The van der Waals surface area contributed by atoms with E-state index in [-0.39, 0.29) is 17.0 Å². The highest BCUT2D eigenvalue weighted by Crippen LogP contribution is 2.32. The van der Waals surface area contributed by atoms with E-state index < -0.39 is 0 Å². The molecule has 0 saturated carbocycles. The van der Waals surface area contributed by atoms with Crippen LogP contribution in [0.1, 0.15) is 42.4 Å². The zero-order valence-electron chi connectivity index (χ0n) is 11.7. The lowest BCUT2D eigenvalue weighted by molar-refractivity contribution is -0.111. The summed E-state index contributed by atoms with van der Waals surface area (Å²) in [6.07, 6.45) is 8.25. The maximum absolute atomic E-state index is 12.6. The Hall–Kier alpha value is -2.29. The Morgan fingerprint density at radius 1 is 1.10 bits per heavy atom. The molecule has 0 aliphatic heterocycles. The minimum atomic E-state index is -0.124. The lowest BCUT2D eigenvalue weighted by atomic mass is 9.81. The van der Waals surface area contributed by atoms with Gasteiger partial charge >= 0.3 is 0 Å². The van der Waals surface area contributed by atoms with Crippen molar-refractivity contribution in [3.8, 4) is 0 Å². The van der Waals surface area contributed by atoms with E-state index in [1.165, 1.54) is 6.08 Å². The Balaban J connectivity index is 2.20. The van der Waals surface area contributed by atoms with Crippen LogP contribution in [0.3, 0.4) is 0 Å². The largest absolute Gasteiger partial charge is 0.289 e. The van der Waals surface area contributed by atoms with Crippen LogP contribution in [0.25, 0.3) is 6.08 Å². The van der Waals surface area contributed by atoms with Crippen LogP contribution in [-0.4, -0.2) is 16.6 Å². The number of nitrogens with zero attached hydrogens (tertiary/aromatic N) is 1. The summed E-state index contributed by atoms with van der Waals surface area (Å²) in [5.41, 5.74) is 3.06. The van der Waals surface area contributed by atoms with Crippen LogP contribution in [0.4, 0.5) is 0 Å². The van der Waals surface area contributed by atoms with Crippen molar-refractivity contribution >= 4 is 17.6 Å². The Morgan fingerprint density at radius 3 is 2.55 bits per heavy atom. The molecule has 20 heavy (non-hydrogen) atoms. The summed E-state index contributed by atoms with van der Waals surface area (Å²) < 4.78 is 0. The molecule has 0 unspecified atom stereocenters. The first-order chi connectivity index (χ1) is 9.38. The third-order valence-electron chi connectivity index (χ3n) is 3.56. The molecule has 3 heteroatoms. The fourth-order valence-electron chi connectivity index (χ4n) is 2.38. The van der Waals surface area contributed by atoms with Crippen molar-refractivity contribution < 1.29 is 9.59 Å². The lowest BCUT2D eigenvalue weighted by Crippen LogP contribution is -2.21. The number of ketones is 2. The molecule has 3 nitrogen and oxygen atoms in total. The maximum Gasteiger partial charge on any atom is 0.194 e. The van der Waals surface area contributed by atoms with E-state index in [2.05, 4.69) is 25.8 Å². The fraction of sp³-hybridized carbons (Fsp3) is 0.235. The average molecular weight is 265 g/mol. The second-order valence-corrected chi connectivity index (χ2v) is 6.10. The third kappa shape index (κ3) is 1.86. The van der Waals surface area contributed by atoms with Gasteiger partial charge in [-0.1, -0.05) is 32.9 Å². The number of Topliss-reactive ketones (excluding diaryl/α,β-unsaturated/α-hetero) is 1. The van der Waals surface area contributed by atoms with Gasteiger partial charge in [0.25, 0.3) is 0 Å². The van der Waals surface area contributed by atoms with Crippen molar-refractivity contribution in [2.75, 3.05) is 0 Å². The van der Waals surface area contributed by atoms with Gasteiger partial charge in [0.2, 0.25) is 0 Å². The summed E-state index contributed by atoms with van der Waals surface area (Å²) in [5.74, 6) is -0.218. The van der Waals surface area contributed by atoms with Crippen molar-refractivity contribution in [3.05, 3.63) is 58.5 Å². The molecule has 0 N–H and O–H groups in total. The van der Waals surface area contributed by atoms with E-state index in [1.54, 1.807) is 24.4 Å². The summed E-state index contributed by atoms with van der Waals surface area (Å²) in [4.78, 5) is 28.8. The molecule has 0 amide bonds. The number of carbonyl (C=O) groups excluding carboxylic acids is 2. The van der Waals surface area contributed by atoms with Crippen LogP contribution in [0, 0.1) is 0 Å². The van der Waals surface area contributed by atoms with E-state index in [1.807, 2.05) is 6.07 Å². The van der Waals surface area contributed by atoms with E-state index in [9.17, 15) is 9.59 Å². The van der Waals surface area contributed by atoms with Gasteiger partial charge in [0, 0.05) is 39.6 Å². The molecule has 0 spiro atoms. The molecule has 0 fully saturated rings. The van der Waals surface area contributed by atoms with Crippen molar-refractivity contribution in [1.82, 2.24) is 4.98 Å². The molecule has 2 aliphatic carbocycles. The van der Waals surface area contributed by atoms with Gasteiger partial charge in [0.1, 0.15) is 0 Å². The molecule has 100 valence electrons. The first-order valence-corrected chi connectivity index (χ1v) is 6.58. The molecule has 1 aromatic rings. The van der Waals surface area contributed by atoms with Crippen LogP contribution in [0.5, 0.6) is 0 Å². The number of rotatable bonds is 0. The second kappa shape index (κ2) is 4.10. The molecule has 0 aromatic carbocycles. The Kier molecular flexibility index (Phi) is 2.61. The highest BCUT2D eigenvalue weighted by Gasteiger charge is 2.29. The van der Waals surface area contributed by atoms with Crippen LogP contribution in [-0.2, 0) is 10.2 Å². The highest BCUT2D eigenvalue weighted by molar-refractivity contribution is 6.27. The summed E-state index contributed by atoms with van der Waals surface area (Å²) in [6, 6.07) is 1.84. The van der Waals surface area contributed by atoms with Gasteiger partial charge in [-0.25, -0.2) is 0 Å². The smallest absolute Gasteiger partial charge is 0.194 e. The number of allylic oxidation sites excluding steroid dienone is 5. The monoisotopic (exact) mass is 265 g/mol. The molecule has 0 saturated heterocycles. The molecule has 1 heterocycles. The number of carbonyl (C=O) groups is 2. The normalized spacial score (nSPS) is 17.4. The number of hydrogen-bond donors (Lipinski definition) is 0. The number of hydrogen-bond acceptors (Lipinski definition) is 3. The molecule has 0 radical (unpaired) electrons. The van der Waals surface area contributed by atoms with Crippen molar-refractivity contribution in [1.29, 1.82) is 0 Å². The van der Waals surface area contributed by atoms with Crippen LogP contribution < -0.4 is 0 Å². The molecule has 0 bridgehead atoms. The Morgan fingerprint density at radius 2 is 1.85 bits per heavy atom. The molecule has 0 atom stereocenters. The molecular formula is C17H15NO2. The van der Waals surface area contributed by atoms with Gasteiger partial charge in [-0.05, 0) is 18.2 Å². The lowest BCUT2D eigenvalue weighted by Gasteiger charge is -2.22. The van der Waals surface area contributed by atoms with E-state index >= 15 is 0 Å². The number of fused-ring (bicyclic) bond motifs is 2. The van der Waals surface area contributed by atoms with E-state index in [0.29, 0.717) is 16.7 Å². The van der Waals surface area contributed by atoms with Crippen molar-refractivity contribution in [3.63, 3.8) is 0 Å². The Labute approximate surface area is 117 Å². The van der Waals surface area contributed by atoms with Gasteiger partial charge in [-0.3, -0.25) is 14.6 Å². The summed E-state index contributed by atoms with van der Waals surface area (Å²) >= 11 is 0. The molecular weight excluding hydrogens is 250 g/mol. The van der Waals surface area contributed by atoms with Gasteiger partial charge in [0.15, 0.2) is 11.6 Å². The SMILES string of the molecule is CC(C)(C)c1cc2c(cn1)C=C1C(=O)C=CC=C1C2=O. The molecule has 1 aromatic heterocycles.